The number of hydrogen-bond acceptors (Lipinski definition) is 3. The molecule has 0 bridgehead atoms. The lowest BCUT2D eigenvalue weighted by Crippen LogP contribution is -1.92. The van der Waals surface area contributed by atoms with Gasteiger partial charge in [0.2, 0.25) is 0 Å². The van der Waals surface area contributed by atoms with Gasteiger partial charge in [0.1, 0.15) is 11.6 Å². The van der Waals surface area contributed by atoms with E-state index < -0.39 is 11.6 Å². The van der Waals surface area contributed by atoms with Gasteiger partial charge in [0.15, 0.2) is 5.76 Å². The SMILES string of the molecule is OCCCc1cnoc1-c1ccc(F)cc1F. The molecule has 0 saturated carbocycles. The van der Waals surface area contributed by atoms with Gasteiger partial charge in [-0.1, -0.05) is 5.16 Å². The lowest BCUT2D eigenvalue weighted by Gasteiger charge is -2.02. The van der Waals surface area contributed by atoms with E-state index in [0.29, 0.717) is 18.4 Å². The molecule has 0 fully saturated rings. The number of aliphatic hydroxyl groups is 1. The first-order valence-electron chi connectivity index (χ1n) is 5.22. The van der Waals surface area contributed by atoms with Crippen LogP contribution in [0.15, 0.2) is 28.9 Å². The van der Waals surface area contributed by atoms with Gasteiger partial charge in [-0.05, 0) is 25.0 Å². The fourth-order valence-electron chi connectivity index (χ4n) is 1.60. The van der Waals surface area contributed by atoms with Crippen molar-refractivity contribution in [2.24, 2.45) is 0 Å². The van der Waals surface area contributed by atoms with Crippen LogP contribution in [0.25, 0.3) is 11.3 Å². The van der Waals surface area contributed by atoms with E-state index in [9.17, 15) is 8.78 Å². The Balaban J connectivity index is 2.35. The van der Waals surface area contributed by atoms with Crippen LogP contribution in [-0.2, 0) is 6.42 Å². The van der Waals surface area contributed by atoms with Crippen molar-refractivity contribution in [1.29, 1.82) is 0 Å². The Kier molecular flexibility index (Phi) is 3.49. The molecule has 5 heteroatoms. The van der Waals surface area contributed by atoms with Crippen molar-refractivity contribution in [2.75, 3.05) is 6.61 Å². The van der Waals surface area contributed by atoms with Gasteiger partial charge in [-0.25, -0.2) is 8.78 Å². The van der Waals surface area contributed by atoms with Crippen molar-refractivity contribution < 1.29 is 18.4 Å². The highest BCUT2D eigenvalue weighted by Gasteiger charge is 2.15. The van der Waals surface area contributed by atoms with Crippen molar-refractivity contribution in [1.82, 2.24) is 5.16 Å². The van der Waals surface area contributed by atoms with Crippen LogP contribution in [0.4, 0.5) is 8.78 Å². The number of aromatic nitrogens is 1. The minimum Gasteiger partial charge on any atom is -0.396 e. The molecule has 1 aromatic carbocycles. The van der Waals surface area contributed by atoms with Gasteiger partial charge in [0.05, 0.1) is 11.8 Å². The zero-order chi connectivity index (χ0) is 12.3. The molecular formula is C12H11F2NO2. The van der Waals surface area contributed by atoms with Crippen molar-refractivity contribution in [2.45, 2.75) is 12.8 Å². The number of benzene rings is 1. The Labute approximate surface area is 96.7 Å². The molecule has 0 radical (unpaired) electrons. The Morgan fingerprint density at radius 3 is 2.82 bits per heavy atom. The topological polar surface area (TPSA) is 46.3 Å². The summed E-state index contributed by atoms with van der Waals surface area (Å²) in [6, 6.07) is 3.28. The average Bonchev–Trinajstić information content (AvgIpc) is 2.74. The Morgan fingerprint density at radius 2 is 2.12 bits per heavy atom. The monoisotopic (exact) mass is 239 g/mol. The number of rotatable bonds is 4. The molecule has 0 saturated heterocycles. The Morgan fingerprint density at radius 1 is 1.29 bits per heavy atom. The van der Waals surface area contributed by atoms with Gasteiger partial charge in [-0.3, -0.25) is 0 Å². The second kappa shape index (κ2) is 5.05. The number of nitrogens with zero attached hydrogens (tertiary/aromatic N) is 1. The first-order valence-corrected chi connectivity index (χ1v) is 5.22. The molecule has 0 aliphatic carbocycles. The third kappa shape index (κ3) is 2.50. The summed E-state index contributed by atoms with van der Waals surface area (Å²) in [7, 11) is 0. The van der Waals surface area contributed by atoms with Gasteiger partial charge in [-0.15, -0.1) is 0 Å². The maximum atomic E-state index is 13.5. The predicted molar refractivity (Wildman–Crippen MR) is 57.3 cm³/mol. The second-order valence-electron chi connectivity index (χ2n) is 3.63. The zero-order valence-electron chi connectivity index (χ0n) is 8.99. The molecule has 0 aliphatic heterocycles. The number of hydrogen-bond donors (Lipinski definition) is 1. The molecule has 1 N–H and O–H groups in total. The summed E-state index contributed by atoms with van der Waals surface area (Å²) in [4.78, 5) is 0. The average molecular weight is 239 g/mol. The van der Waals surface area contributed by atoms with Crippen molar-refractivity contribution in [3.8, 4) is 11.3 Å². The number of halogens is 2. The molecule has 17 heavy (non-hydrogen) atoms. The van der Waals surface area contributed by atoms with Crippen LogP contribution in [0, 0.1) is 11.6 Å². The van der Waals surface area contributed by atoms with E-state index in [1.807, 2.05) is 0 Å². The Bertz CT molecular complexity index is 511. The fourth-order valence-corrected chi connectivity index (χ4v) is 1.60. The van der Waals surface area contributed by atoms with E-state index in [0.717, 1.165) is 12.1 Å². The molecule has 3 nitrogen and oxygen atoms in total. The second-order valence-corrected chi connectivity index (χ2v) is 3.63. The molecule has 0 aliphatic rings. The summed E-state index contributed by atoms with van der Waals surface area (Å²) < 4.78 is 31.3. The van der Waals surface area contributed by atoms with Crippen LogP contribution in [-0.4, -0.2) is 16.9 Å². The molecule has 0 spiro atoms. The smallest absolute Gasteiger partial charge is 0.172 e. The third-order valence-electron chi connectivity index (χ3n) is 2.42. The quantitative estimate of drug-likeness (QED) is 0.891. The Hall–Kier alpha value is -1.75. The maximum absolute atomic E-state index is 13.5. The zero-order valence-corrected chi connectivity index (χ0v) is 8.99. The number of aliphatic hydroxyl groups excluding tert-OH is 1. The standard InChI is InChI=1S/C12H11F2NO2/c13-9-3-4-10(11(14)6-9)12-8(2-1-5-16)7-15-17-12/h3-4,6-7,16H,1-2,5H2. The normalized spacial score (nSPS) is 10.8. The minimum absolute atomic E-state index is 0.0382. The van der Waals surface area contributed by atoms with Crippen molar-refractivity contribution in [3.05, 3.63) is 41.6 Å². The van der Waals surface area contributed by atoms with Gasteiger partial charge in [-0.2, -0.15) is 0 Å². The van der Waals surface area contributed by atoms with Gasteiger partial charge in [0, 0.05) is 18.2 Å². The third-order valence-corrected chi connectivity index (χ3v) is 2.42. The van der Waals surface area contributed by atoms with Crippen LogP contribution in [0.3, 0.4) is 0 Å². The van der Waals surface area contributed by atoms with Crippen LogP contribution in [0.5, 0.6) is 0 Å². The predicted octanol–water partition coefficient (Wildman–Crippen LogP) is 2.54. The van der Waals surface area contributed by atoms with E-state index in [-0.39, 0.29) is 17.9 Å². The summed E-state index contributed by atoms with van der Waals surface area (Å²) >= 11 is 0. The van der Waals surface area contributed by atoms with Gasteiger partial charge in [0.25, 0.3) is 0 Å². The molecular weight excluding hydrogens is 228 g/mol. The molecule has 0 atom stereocenters. The summed E-state index contributed by atoms with van der Waals surface area (Å²) in [5.74, 6) is -1.04. The lowest BCUT2D eigenvalue weighted by molar-refractivity contribution is 0.288. The van der Waals surface area contributed by atoms with Crippen LogP contribution < -0.4 is 0 Å². The van der Waals surface area contributed by atoms with Crippen LogP contribution in [0.1, 0.15) is 12.0 Å². The summed E-state index contributed by atoms with van der Waals surface area (Å²) in [6.07, 6.45) is 2.55. The van der Waals surface area contributed by atoms with Crippen LogP contribution in [0.2, 0.25) is 0 Å². The highest BCUT2D eigenvalue weighted by molar-refractivity contribution is 5.61. The minimum atomic E-state index is -0.688. The first-order chi connectivity index (χ1) is 8.22. The van der Waals surface area contributed by atoms with Crippen molar-refractivity contribution >= 4 is 0 Å². The largest absolute Gasteiger partial charge is 0.396 e. The molecule has 0 amide bonds. The fraction of sp³-hybridized carbons (Fsp3) is 0.250. The van der Waals surface area contributed by atoms with E-state index in [4.69, 9.17) is 9.63 Å². The highest BCUT2D eigenvalue weighted by atomic mass is 19.1. The van der Waals surface area contributed by atoms with Gasteiger partial charge >= 0.3 is 0 Å². The van der Waals surface area contributed by atoms with E-state index in [1.54, 1.807) is 0 Å². The van der Waals surface area contributed by atoms with E-state index >= 15 is 0 Å². The summed E-state index contributed by atoms with van der Waals surface area (Å²) in [5, 5.41) is 12.3. The highest BCUT2D eigenvalue weighted by Crippen LogP contribution is 2.27. The van der Waals surface area contributed by atoms with E-state index in [2.05, 4.69) is 5.16 Å². The molecule has 2 aromatic rings. The maximum Gasteiger partial charge on any atom is 0.172 e. The first kappa shape index (κ1) is 11.7. The number of aryl methyl sites for hydroxylation is 1. The van der Waals surface area contributed by atoms with Crippen molar-refractivity contribution in [3.63, 3.8) is 0 Å². The van der Waals surface area contributed by atoms with Gasteiger partial charge < -0.3 is 9.63 Å². The molecule has 90 valence electrons. The molecule has 1 heterocycles. The molecule has 2 rings (SSSR count). The summed E-state index contributed by atoms with van der Waals surface area (Å²) in [5.41, 5.74) is 0.876. The molecule has 0 unspecified atom stereocenters. The van der Waals surface area contributed by atoms with Crippen LogP contribution >= 0.6 is 0 Å². The lowest BCUT2D eigenvalue weighted by atomic mass is 10.1. The van der Waals surface area contributed by atoms with E-state index in [1.165, 1.54) is 12.3 Å². The summed E-state index contributed by atoms with van der Waals surface area (Å²) in [6.45, 7) is 0.0382. The molecule has 1 aromatic heterocycles.